The summed E-state index contributed by atoms with van der Waals surface area (Å²) >= 11 is 1.44. The Balaban J connectivity index is 1.44. The molecular weight excluding hydrogens is 437 g/mol. The number of rotatable bonds is 5. The monoisotopic (exact) mass is 465 g/mol. The van der Waals surface area contributed by atoms with Crippen molar-refractivity contribution < 1.29 is 14.0 Å². The molecule has 33 heavy (non-hydrogen) atoms. The van der Waals surface area contributed by atoms with Crippen LogP contribution in [0.25, 0.3) is 10.6 Å². The van der Waals surface area contributed by atoms with Crippen molar-refractivity contribution in [3.8, 4) is 10.6 Å². The molecule has 5 nitrogen and oxygen atoms in total. The van der Waals surface area contributed by atoms with Crippen LogP contribution in [0.5, 0.6) is 0 Å². The highest BCUT2D eigenvalue weighted by atomic mass is 32.1. The summed E-state index contributed by atoms with van der Waals surface area (Å²) in [6.45, 7) is 6.77. The highest BCUT2D eigenvalue weighted by Crippen LogP contribution is 2.33. The minimum atomic E-state index is -0.829. The van der Waals surface area contributed by atoms with Gasteiger partial charge in [-0.25, -0.2) is 9.37 Å². The number of aromatic nitrogens is 1. The number of carbonyl (C=O) groups is 2. The van der Waals surface area contributed by atoms with Gasteiger partial charge in [0.05, 0.1) is 17.0 Å². The van der Waals surface area contributed by atoms with E-state index in [9.17, 15) is 14.0 Å². The van der Waals surface area contributed by atoms with Gasteiger partial charge in [-0.05, 0) is 70.0 Å². The van der Waals surface area contributed by atoms with Gasteiger partial charge in [-0.2, -0.15) is 0 Å². The predicted molar refractivity (Wildman–Crippen MR) is 130 cm³/mol. The fourth-order valence-electron chi connectivity index (χ4n) is 4.05. The molecule has 1 aliphatic heterocycles. The molecule has 1 unspecified atom stereocenters. The van der Waals surface area contributed by atoms with E-state index < -0.39 is 5.41 Å². The number of nitrogens with one attached hydrogen (secondary N) is 1. The molecule has 1 aromatic heterocycles. The maximum atomic E-state index is 13.5. The Labute approximate surface area is 197 Å². The Morgan fingerprint density at radius 1 is 1.12 bits per heavy atom. The first-order chi connectivity index (χ1) is 15.7. The molecule has 0 radical (unpaired) electrons. The number of carbonyl (C=O) groups excluding carboxylic acids is 2. The lowest BCUT2D eigenvalue weighted by Crippen LogP contribution is -2.50. The quantitative estimate of drug-likeness (QED) is 0.548. The number of thiazole rings is 1. The van der Waals surface area contributed by atoms with Crippen molar-refractivity contribution in [2.45, 2.75) is 39.0 Å². The number of hydrogen-bond acceptors (Lipinski definition) is 4. The third kappa shape index (κ3) is 5.14. The number of amides is 2. The SMILES string of the molecule is Cc1ccc(NC(=O)C2CCCN(C(=O)C(C)(C)c3csc(-c4ccc(F)cc4)n3)C2)cc1. The van der Waals surface area contributed by atoms with Gasteiger partial charge in [0, 0.05) is 29.7 Å². The number of piperidine rings is 1. The molecule has 2 amide bonds. The van der Waals surface area contributed by atoms with E-state index in [2.05, 4.69) is 10.3 Å². The topological polar surface area (TPSA) is 62.3 Å². The minimum Gasteiger partial charge on any atom is -0.341 e. The van der Waals surface area contributed by atoms with Crippen molar-refractivity contribution in [3.63, 3.8) is 0 Å². The van der Waals surface area contributed by atoms with Crippen molar-refractivity contribution in [3.05, 3.63) is 71.0 Å². The maximum absolute atomic E-state index is 13.5. The zero-order valence-electron chi connectivity index (χ0n) is 19.1. The molecule has 0 saturated carbocycles. The van der Waals surface area contributed by atoms with Gasteiger partial charge in [-0.3, -0.25) is 9.59 Å². The normalized spacial score (nSPS) is 16.5. The van der Waals surface area contributed by atoms with E-state index in [1.807, 2.05) is 50.4 Å². The van der Waals surface area contributed by atoms with E-state index in [-0.39, 0.29) is 23.5 Å². The number of aryl methyl sites for hydroxylation is 1. The maximum Gasteiger partial charge on any atom is 0.234 e. The Morgan fingerprint density at radius 2 is 1.82 bits per heavy atom. The van der Waals surface area contributed by atoms with Gasteiger partial charge in [0.2, 0.25) is 11.8 Å². The Morgan fingerprint density at radius 3 is 2.52 bits per heavy atom. The van der Waals surface area contributed by atoms with Crippen LogP contribution < -0.4 is 5.32 Å². The number of nitrogens with zero attached hydrogens (tertiary/aromatic N) is 2. The molecule has 0 spiro atoms. The largest absolute Gasteiger partial charge is 0.341 e. The Hall–Kier alpha value is -3.06. The number of likely N-dealkylation sites (tertiary alicyclic amines) is 1. The second-order valence-corrected chi connectivity index (χ2v) is 9.97. The lowest BCUT2D eigenvalue weighted by Gasteiger charge is -2.36. The first-order valence-electron chi connectivity index (χ1n) is 11.1. The van der Waals surface area contributed by atoms with E-state index in [1.165, 1.54) is 23.5 Å². The number of benzene rings is 2. The summed E-state index contributed by atoms with van der Waals surface area (Å²) in [6.07, 6.45) is 1.54. The van der Waals surface area contributed by atoms with Crippen LogP contribution in [-0.2, 0) is 15.0 Å². The summed E-state index contributed by atoms with van der Waals surface area (Å²) in [5.74, 6) is -0.630. The third-order valence-corrected chi connectivity index (χ3v) is 7.06. The number of halogens is 1. The van der Waals surface area contributed by atoms with E-state index in [0.717, 1.165) is 34.7 Å². The second kappa shape index (κ2) is 9.43. The van der Waals surface area contributed by atoms with Crippen LogP contribution in [0.4, 0.5) is 10.1 Å². The van der Waals surface area contributed by atoms with E-state index in [0.29, 0.717) is 18.8 Å². The molecule has 1 aliphatic rings. The summed E-state index contributed by atoms with van der Waals surface area (Å²) in [4.78, 5) is 32.8. The molecular formula is C26H28FN3O2S. The molecule has 1 N–H and O–H groups in total. The van der Waals surface area contributed by atoms with Crippen LogP contribution in [-0.4, -0.2) is 34.8 Å². The van der Waals surface area contributed by atoms with Crippen LogP contribution in [0.15, 0.2) is 53.9 Å². The van der Waals surface area contributed by atoms with Crippen LogP contribution >= 0.6 is 11.3 Å². The van der Waals surface area contributed by atoms with Gasteiger partial charge < -0.3 is 10.2 Å². The van der Waals surface area contributed by atoms with Crippen molar-refractivity contribution >= 4 is 28.8 Å². The number of anilines is 1. The van der Waals surface area contributed by atoms with Crippen molar-refractivity contribution in [1.82, 2.24) is 9.88 Å². The zero-order valence-corrected chi connectivity index (χ0v) is 19.9. The number of hydrogen-bond donors (Lipinski definition) is 1. The Bertz CT molecular complexity index is 1140. The summed E-state index contributed by atoms with van der Waals surface area (Å²) in [6, 6.07) is 13.9. The molecule has 2 aromatic carbocycles. The highest BCUT2D eigenvalue weighted by Gasteiger charge is 2.39. The van der Waals surface area contributed by atoms with E-state index in [4.69, 9.17) is 0 Å². The molecule has 7 heteroatoms. The molecule has 3 aromatic rings. The summed E-state index contributed by atoms with van der Waals surface area (Å²) in [7, 11) is 0. The molecule has 0 aliphatic carbocycles. The summed E-state index contributed by atoms with van der Waals surface area (Å²) in [5, 5.41) is 5.62. The average molecular weight is 466 g/mol. The lowest BCUT2D eigenvalue weighted by atomic mass is 9.86. The predicted octanol–water partition coefficient (Wildman–Crippen LogP) is 5.41. The molecule has 2 heterocycles. The fraction of sp³-hybridized carbons (Fsp3) is 0.346. The van der Waals surface area contributed by atoms with Gasteiger partial charge in [0.15, 0.2) is 0 Å². The van der Waals surface area contributed by atoms with Crippen molar-refractivity contribution in [2.24, 2.45) is 5.92 Å². The third-order valence-electron chi connectivity index (χ3n) is 6.17. The fourth-order valence-corrected chi connectivity index (χ4v) is 5.04. The van der Waals surface area contributed by atoms with Crippen LogP contribution in [0.2, 0.25) is 0 Å². The Kier molecular flexibility index (Phi) is 6.61. The van der Waals surface area contributed by atoms with Gasteiger partial charge in [-0.15, -0.1) is 11.3 Å². The minimum absolute atomic E-state index is 0.0358. The standard InChI is InChI=1S/C26H28FN3O2S/c1-17-6-12-21(13-7-17)28-23(31)19-5-4-14-30(15-19)25(32)26(2,3)22-16-33-24(29-22)18-8-10-20(27)11-9-18/h6-13,16,19H,4-5,14-15H2,1-3H3,(H,28,31). The molecule has 1 saturated heterocycles. The van der Waals surface area contributed by atoms with Crippen LogP contribution in [0.3, 0.4) is 0 Å². The molecule has 0 bridgehead atoms. The van der Waals surface area contributed by atoms with Gasteiger partial charge in [0.1, 0.15) is 10.8 Å². The van der Waals surface area contributed by atoms with Gasteiger partial charge in [0.25, 0.3) is 0 Å². The molecule has 1 fully saturated rings. The zero-order chi connectivity index (χ0) is 23.6. The molecule has 4 rings (SSSR count). The first-order valence-corrected chi connectivity index (χ1v) is 12.0. The van der Waals surface area contributed by atoms with Crippen LogP contribution in [0, 0.1) is 18.7 Å². The van der Waals surface area contributed by atoms with Crippen LogP contribution in [0.1, 0.15) is 37.9 Å². The van der Waals surface area contributed by atoms with Crippen molar-refractivity contribution in [2.75, 3.05) is 18.4 Å². The average Bonchev–Trinajstić information content (AvgIpc) is 3.32. The lowest BCUT2D eigenvalue weighted by molar-refractivity contribution is -0.139. The second-order valence-electron chi connectivity index (χ2n) is 9.12. The van der Waals surface area contributed by atoms with E-state index in [1.54, 1.807) is 17.0 Å². The molecule has 1 atom stereocenters. The van der Waals surface area contributed by atoms with Gasteiger partial charge >= 0.3 is 0 Å². The first kappa shape index (κ1) is 23.1. The highest BCUT2D eigenvalue weighted by molar-refractivity contribution is 7.13. The smallest absolute Gasteiger partial charge is 0.234 e. The summed E-state index contributed by atoms with van der Waals surface area (Å²) in [5.41, 5.74) is 2.58. The molecule has 172 valence electrons. The van der Waals surface area contributed by atoms with Gasteiger partial charge in [-0.1, -0.05) is 17.7 Å². The van der Waals surface area contributed by atoms with E-state index >= 15 is 0 Å². The van der Waals surface area contributed by atoms with Crippen molar-refractivity contribution in [1.29, 1.82) is 0 Å². The summed E-state index contributed by atoms with van der Waals surface area (Å²) < 4.78 is 13.2.